The lowest BCUT2D eigenvalue weighted by Gasteiger charge is -2.27. The molecule has 0 saturated heterocycles. The van der Waals surface area contributed by atoms with Gasteiger partial charge < -0.3 is 15.0 Å². The summed E-state index contributed by atoms with van der Waals surface area (Å²) in [6, 6.07) is 5.64. The molecule has 1 unspecified atom stereocenters. The first-order chi connectivity index (χ1) is 9.82. The minimum absolute atomic E-state index is 0.109. The Morgan fingerprint density at radius 2 is 2.05 bits per heavy atom. The van der Waals surface area contributed by atoms with E-state index in [-0.39, 0.29) is 11.5 Å². The Balaban J connectivity index is 2.38. The number of hydrogen-bond donors (Lipinski definition) is 1. The first-order valence-corrected chi connectivity index (χ1v) is 7.14. The monoisotopic (exact) mass is 289 g/mol. The maximum absolute atomic E-state index is 5.83. The van der Waals surface area contributed by atoms with Gasteiger partial charge in [0.15, 0.2) is 0 Å². The predicted molar refractivity (Wildman–Crippen MR) is 82.7 cm³/mol. The molecule has 0 spiro atoms. The third kappa shape index (κ3) is 3.42. The molecule has 114 valence electrons. The van der Waals surface area contributed by atoms with Crippen molar-refractivity contribution in [2.45, 2.75) is 40.7 Å². The average molecular weight is 289 g/mol. The van der Waals surface area contributed by atoms with Crippen LogP contribution in [0.15, 0.2) is 22.7 Å². The van der Waals surface area contributed by atoms with Crippen molar-refractivity contribution < 1.29 is 9.26 Å². The van der Waals surface area contributed by atoms with Crippen LogP contribution in [0, 0.1) is 12.3 Å². The van der Waals surface area contributed by atoms with Gasteiger partial charge in [-0.05, 0) is 37.0 Å². The predicted octanol–water partition coefficient (Wildman–Crippen LogP) is 3.75. The van der Waals surface area contributed by atoms with Gasteiger partial charge in [0.05, 0.1) is 0 Å². The van der Waals surface area contributed by atoms with Crippen molar-refractivity contribution in [1.29, 1.82) is 0 Å². The van der Waals surface area contributed by atoms with Gasteiger partial charge in [0.1, 0.15) is 6.10 Å². The number of anilines is 1. The van der Waals surface area contributed by atoms with Crippen LogP contribution in [0.3, 0.4) is 0 Å². The summed E-state index contributed by atoms with van der Waals surface area (Å²) < 4.78 is 11.2. The van der Waals surface area contributed by atoms with Crippen molar-refractivity contribution >= 4 is 5.69 Å². The molecule has 0 saturated carbocycles. The van der Waals surface area contributed by atoms with Crippen molar-refractivity contribution in [2.75, 3.05) is 12.3 Å². The summed E-state index contributed by atoms with van der Waals surface area (Å²) in [6.45, 7) is 10.8. The van der Waals surface area contributed by atoms with Gasteiger partial charge in [-0.2, -0.15) is 4.98 Å². The van der Waals surface area contributed by atoms with Crippen molar-refractivity contribution in [1.82, 2.24) is 10.1 Å². The summed E-state index contributed by atoms with van der Waals surface area (Å²) in [4.78, 5) is 4.51. The topological polar surface area (TPSA) is 74.2 Å². The lowest BCUT2D eigenvalue weighted by molar-refractivity contribution is -0.0203. The summed E-state index contributed by atoms with van der Waals surface area (Å²) in [6.07, 6.45) is -0.207. The summed E-state index contributed by atoms with van der Waals surface area (Å²) >= 11 is 0. The Kier molecular flexibility index (Phi) is 4.32. The van der Waals surface area contributed by atoms with Gasteiger partial charge >= 0.3 is 0 Å². The fraction of sp³-hybridized carbons (Fsp3) is 0.500. The van der Waals surface area contributed by atoms with Crippen LogP contribution in [-0.4, -0.2) is 16.7 Å². The van der Waals surface area contributed by atoms with Gasteiger partial charge in [-0.15, -0.1) is 0 Å². The van der Waals surface area contributed by atoms with Gasteiger partial charge in [0.25, 0.3) is 5.89 Å². The van der Waals surface area contributed by atoms with Crippen LogP contribution in [0.25, 0.3) is 11.5 Å². The maximum atomic E-state index is 5.83. The second kappa shape index (κ2) is 5.85. The third-order valence-corrected chi connectivity index (χ3v) is 3.29. The quantitative estimate of drug-likeness (QED) is 0.868. The van der Waals surface area contributed by atoms with Gasteiger partial charge in [0.2, 0.25) is 5.82 Å². The second-order valence-corrected chi connectivity index (χ2v) is 6.23. The van der Waals surface area contributed by atoms with Crippen molar-refractivity contribution in [2.24, 2.45) is 5.41 Å². The molecular weight excluding hydrogens is 266 g/mol. The van der Waals surface area contributed by atoms with Crippen LogP contribution in [0.4, 0.5) is 5.69 Å². The molecule has 1 atom stereocenters. The van der Waals surface area contributed by atoms with Gasteiger partial charge in [-0.1, -0.05) is 32.0 Å². The zero-order chi connectivity index (χ0) is 15.6. The van der Waals surface area contributed by atoms with E-state index in [0.717, 1.165) is 11.1 Å². The molecule has 1 aromatic carbocycles. The Labute approximate surface area is 125 Å². The normalized spacial score (nSPS) is 13.4. The van der Waals surface area contributed by atoms with Crippen LogP contribution in [0.2, 0.25) is 0 Å². The van der Waals surface area contributed by atoms with E-state index in [4.69, 9.17) is 15.0 Å². The summed E-state index contributed by atoms with van der Waals surface area (Å²) in [5, 5.41) is 4.10. The molecule has 2 aromatic rings. The largest absolute Gasteiger partial charge is 0.399 e. The maximum Gasteiger partial charge on any atom is 0.258 e. The SMILES string of the molecule is CCOC(c1noc(-c2cc(N)ccc2C)n1)C(C)(C)C. The highest BCUT2D eigenvalue weighted by Crippen LogP contribution is 2.35. The highest BCUT2D eigenvalue weighted by molar-refractivity contribution is 5.63. The molecule has 1 aromatic heterocycles. The van der Waals surface area contributed by atoms with E-state index in [1.807, 2.05) is 32.0 Å². The molecular formula is C16H23N3O2. The number of nitrogens with zero attached hydrogens (tertiary/aromatic N) is 2. The van der Waals surface area contributed by atoms with Crippen LogP contribution in [0.1, 0.15) is 45.2 Å². The zero-order valence-corrected chi connectivity index (χ0v) is 13.3. The number of benzene rings is 1. The number of aromatic nitrogens is 2. The number of ether oxygens (including phenoxy) is 1. The Morgan fingerprint density at radius 3 is 2.67 bits per heavy atom. The molecule has 21 heavy (non-hydrogen) atoms. The number of aryl methyl sites for hydroxylation is 1. The molecule has 0 aliphatic rings. The smallest absolute Gasteiger partial charge is 0.258 e. The number of nitrogen functional groups attached to an aromatic ring is 1. The molecule has 0 amide bonds. The standard InChI is InChI=1S/C16H23N3O2/c1-6-20-13(16(3,4)5)14-18-15(21-19-14)12-9-11(17)8-7-10(12)2/h7-9,13H,6,17H2,1-5H3. The fourth-order valence-corrected chi connectivity index (χ4v) is 2.20. The van der Waals surface area contributed by atoms with E-state index >= 15 is 0 Å². The Hall–Kier alpha value is -1.88. The van der Waals surface area contributed by atoms with Gasteiger partial charge in [0, 0.05) is 17.9 Å². The van der Waals surface area contributed by atoms with Gasteiger partial charge in [-0.3, -0.25) is 0 Å². The lowest BCUT2D eigenvalue weighted by atomic mass is 9.88. The summed E-state index contributed by atoms with van der Waals surface area (Å²) in [5.74, 6) is 1.05. The van der Waals surface area contributed by atoms with E-state index in [9.17, 15) is 0 Å². The number of nitrogens with two attached hydrogens (primary N) is 1. The molecule has 0 aliphatic carbocycles. The summed E-state index contributed by atoms with van der Waals surface area (Å²) in [7, 11) is 0. The van der Waals surface area contributed by atoms with Crippen LogP contribution in [0.5, 0.6) is 0 Å². The van der Waals surface area contributed by atoms with Crippen molar-refractivity contribution in [3.8, 4) is 11.5 Å². The van der Waals surface area contributed by atoms with E-state index < -0.39 is 0 Å². The molecule has 0 radical (unpaired) electrons. The van der Waals surface area contributed by atoms with Crippen LogP contribution in [-0.2, 0) is 4.74 Å². The van der Waals surface area contributed by atoms with E-state index in [1.54, 1.807) is 0 Å². The highest BCUT2D eigenvalue weighted by atomic mass is 16.5. The molecule has 1 heterocycles. The molecule has 5 heteroatoms. The van der Waals surface area contributed by atoms with Crippen molar-refractivity contribution in [3.63, 3.8) is 0 Å². The first kappa shape index (κ1) is 15.5. The minimum Gasteiger partial charge on any atom is -0.399 e. The molecule has 0 bridgehead atoms. The van der Waals surface area contributed by atoms with Gasteiger partial charge in [-0.25, -0.2) is 0 Å². The van der Waals surface area contributed by atoms with Crippen LogP contribution >= 0.6 is 0 Å². The molecule has 5 nitrogen and oxygen atoms in total. The summed E-state index contributed by atoms with van der Waals surface area (Å²) in [5.41, 5.74) is 8.30. The minimum atomic E-state index is -0.207. The Bertz CT molecular complexity index is 614. The molecule has 2 N–H and O–H groups in total. The number of rotatable bonds is 4. The molecule has 0 aliphatic heterocycles. The van der Waals surface area contributed by atoms with E-state index in [1.165, 1.54) is 0 Å². The zero-order valence-electron chi connectivity index (χ0n) is 13.3. The van der Waals surface area contributed by atoms with E-state index in [2.05, 4.69) is 30.9 Å². The van der Waals surface area contributed by atoms with Crippen LogP contribution < -0.4 is 5.73 Å². The molecule has 0 fully saturated rings. The second-order valence-electron chi connectivity index (χ2n) is 6.23. The van der Waals surface area contributed by atoms with E-state index in [0.29, 0.717) is 24.0 Å². The number of hydrogen-bond acceptors (Lipinski definition) is 5. The Morgan fingerprint density at radius 1 is 1.33 bits per heavy atom. The fourth-order valence-electron chi connectivity index (χ4n) is 2.20. The lowest BCUT2D eigenvalue weighted by Crippen LogP contribution is -2.22. The third-order valence-electron chi connectivity index (χ3n) is 3.29. The molecule has 2 rings (SSSR count). The average Bonchev–Trinajstić information content (AvgIpc) is 2.86. The first-order valence-electron chi connectivity index (χ1n) is 7.14. The highest BCUT2D eigenvalue weighted by Gasteiger charge is 2.31. The van der Waals surface area contributed by atoms with Crippen molar-refractivity contribution in [3.05, 3.63) is 29.6 Å².